The van der Waals surface area contributed by atoms with E-state index in [4.69, 9.17) is 5.73 Å². The zero-order valence-corrected chi connectivity index (χ0v) is 10.7. The molecule has 0 bridgehead atoms. The number of nitrogens with two attached hydrogens (primary N) is 1. The zero-order valence-electron chi connectivity index (χ0n) is 10.7. The van der Waals surface area contributed by atoms with Crippen LogP contribution in [0.1, 0.15) is 25.5 Å². The van der Waals surface area contributed by atoms with Crippen molar-refractivity contribution in [1.29, 1.82) is 0 Å². The van der Waals surface area contributed by atoms with Gasteiger partial charge >= 0.3 is 0 Å². The number of rotatable bonds is 3. The highest BCUT2D eigenvalue weighted by Crippen LogP contribution is 2.19. The van der Waals surface area contributed by atoms with Gasteiger partial charge in [0.1, 0.15) is 0 Å². The molecule has 1 aliphatic heterocycles. The van der Waals surface area contributed by atoms with E-state index < -0.39 is 0 Å². The quantitative estimate of drug-likeness (QED) is 0.823. The second kappa shape index (κ2) is 5.82. The Kier molecular flexibility index (Phi) is 4.15. The summed E-state index contributed by atoms with van der Waals surface area (Å²) in [5, 5.41) is 2.97. The summed E-state index contributed by atoms with van der Waals surface area (Å²) in [6.07, 6.45) is 3.84. The van der Waals surface area contributed by atoms with Crippen LogP contribution in [0.15, 0.2) is 18.3 Å². The smallest absolute Gasteiger partial charge is 0.217 e. The summed E-state index contributed by atoms with van der Waals surface area (Å²) in [6, 6.07) is 4.35. The van der Waals surface area contributed by atoms with Crippen LogP contribution in [0.4, 0.5) is 5.69 Å². The molecule has 5 heteroatoms. The third-order valence-corrected chi connectivity index (χ3v) is 3.29. The molecule has 0 unspecified atom stereocenters. The zero-order chi connectivity index (χ0) is 13.0. The molecule has 1 aromatic rings. The number of piperidine rings is 1. The van der Waals surface area contributed by atoms with Gasteiger partial charge in [-0.3, -0.25) is 9.78 Å². The van der Waals surface area contributed by atoms with Crippen molar-refractivity contribution in [3.05, 3.63) is 24.0 Å². The number of nitrogens with zero attached hydrogens (tertiary/aromatic N) is 2. The van der Waals surface area contributed by atoms with E-state index in [1.54, 1.807) is 6.92 Å². The summed E-state index contributed by atoms with van der Waals surface area (Å²) in [4.78, 5) is 17.6. The Labute approximate surface area is 107 Å². The molecule has 2 heterocycles. The fraction of sp³-hybridized carbons (Fsp3) is 0.538. The number of carbonyl (C=O) groups excluding carboxylic acids is 1. The van der Waals surface area contributed by atoms with Gasteiger partial charge in [0.2, 0.25) is 5.91 Å². The predicted octanol–water partition coefficient (Wildman–Crippen LogP) is 0.645. The van der Waals surface area contributed by atoms with Crippen LogP contribution in [0, 0.1) is 0 Å². The van der Waals surface area contributed by atoms with Crippen LogP contribution >= 0.6 is 0 Å². The van der Waals surface area contributed by atoms with E-state index in [1.165, 1.54) is 0 Å². The summed E-state index contributed by atoms with van der Waals surface area (Å²) in [5.41, 5.74) is 7.57. The van der Waals surface area contributed by atoms with Gasteiger partial charge in [-0.15, -0.1) is 0 Å². The molecule has 98 valence electrons. The van der Waals surface area contributed by atoms with Gasteiger partial charge in [-0.05, 0) is 25.0 Å². The number of aromatic nitrogens is 1. The van der Waals surface area contributed by atoms with Crippen molar-refractivity contribution >= 4 is 11.6 Å². The Morgan fingerprint density at radius 2 is 2.22 bits per heavy atom. The summed E-state index contributed by atoms with van der Waals surface area (Å²) >= 11 is 0. The second-order valence-corrected chi connectivity index (χ2v) is 4.67. The highest BCUT2D eigenvalue weighted by atomic mass is 16.1. The molecule has 18 heavy (non-hydrogen) atoms. The fourth-order valence-corrected chi connectivity index (χ4v) is 2.29. The predicted molar refractivity (Wildman–Crippen MR) is 71.2 cm³/mol. The first-order valence-electron chi connectivity index (χ1n) is 6.36. The molecule has 1 fully saturated rings. The molecule has 0 aliphatic carbocycles. The van der Waals surface area contributed by atoms with E-state index in [-0.39, 0.29) is 5.91 Å². The van der Waals surface area contributed by atoms with E-state index in [0.29, 0.717) is 12.6 Å². The van der Waals surface area contributed by atoms with Crippen molar-refractivity contribution in [2.24, 2.45) is 5.73 Å². The molecule has 1 amide bonds. The van der Waals surface area contributed by atoms with Crippen molar-refractivity contribution in [3.63, 3.8) is 0 Å². The summed E-state index contributed by atoms with van der Waals surface area (Å²) in [5.74, 6) is 0.0578. The summed E-state index contributed by atoms with van der Waals surface area (Å²) in [7, 11) is 0. The van der Waals surface area contributed by atoms with Crippen LogP contribution in [0.3, 0.4) is 0 Å². The lowest BCUT2D eigenvalue weighted by Crippen LogP contribution is -2.44. The maximum atomic E-state index is 11.0. The monoisotopic (exact) mass is 248 g/mol. The van der Waals surface area contributed by atoms with Gasteiger partial charge in [0.25, 0.3) is 0 Å². The largest absolute Gasteiger partial charge is 0.370 e. The molecule has 5 nitrogen and oxygen atoms in total. The van der Waals surface area contributed by atoms with Crippen LogP contribution < -0.4 is 16.0 Å². The third-order valence-electron chi connectivity index (χ3n) is 3.29. The Hall–Kier alpha value is -1.62. The topological polar surface area (TPSA) is 71.2 Å². The minimum Gasteiger partial charge on any atom is -0.370 e. The van der Waals surface area contributed by atoms with Crippen LogP contribution in [0.25, 0.3) is 0 Å². The SMILES string of the molecule is CC(=O)NC1CCN(c2ccc(CN)nc2)CC1. The number of nitrogens with one attached hydrogen (secondary N) is 1. The van der Waals surface area contributed by atoms with Gasteiger partial charge in [0, 0.05) is 32.6 Å². The van der Waals surface area contributed by atoms with E-state index in [9.17, 15) is 4.79 Å². The normalized spacial score (nSPS) is 16.7. The number of anilines is 1. The lowest BCUT2D eigenvalue weighted by Gasteiger charge is -2.33. The Morgan fingerprint density at radius 3 is 2.72 bits per heavy atom. The molecular formula is C13H20N4O. The molecule has 0 spiro atoms. The number of pyridine rings is 1. The first kappa shape index (κ1) is 12.8. The van der Waals surface area contributed by atoms with Gasteiger partial charge in [-0.25, -0.2) is 0 Å². The van der Waals surface area contributed by atoms with Crippen molar-refractivity contribution in [2.75, 3.05) is 18.0 Å². The Morgan fingerprint density at radius 1 is 1.50 bits per heavy atom. The first-order valence-corrected chi connectivity index (χ1v) is 6.36. The minimum absolute atomic E-state index is 0.0578. The average molecular weight is 248 g/mol. The van der Waals surface area contributed by atoms with Gasteiger partial charge < -0.3 is 16.0 Å². The van der Waals surface area contributed by atoms with E-state index in [2.05, 4.69) is 21.3 Å². The van der Waals surface area contributed by atoms with Gasteiger partial charge in [0.15, 0.2) is 0 Å². The number of hydrogen-bond donors (Lipinski definition) is 2. The fourth-order valence-electron chi connectivity index (χ4n) is 2.29. The lowest BCUT2D eigenvalue weighted by molar-refractivity contribution is -0.119. The third kappa shape index (κ3) is 3.20. The number of hydrogen-bond acceptors (Lipinski definition) is 4. The Bertz CT molecular complexity index is 396. The maximum absolute atomic E-state index is 11.0. The minimum atomic E-state index is 0.0578. The lowest BCUT2D eigenvalue weighted by atomic mass is 10.0. The molecule has 0 radical (unpaired) electrons. The second-order valence-electron chi connectivity index (χ2n) is 4.67. The van der Waals surface area contributed by atoms with Gasteiger partial charge in [0.05, 0.1) is 17.6 Å². The van der Waals surface area contributed by atoms with Crippen molar-refractivity contribution in [1.82, 2.24) is 10.3 Å². The van der Waals surface area contributed by atoms with Crippen molar-refractivity contribution in [3.8, 4) is 0 Å². The highest BCUT2D eigenvalue weighted by Gasteiger charge is 2.19. The number of carbonyl (C=O) groups is 1. The molecular weight excluding hydrogens is 228 g/mol. The molecule has 2 rings (SSSR count). The molecule has 0 saturated carbocycles. The van der Waals surface area contributed by atoms with Crippen LogP contribution in [-0.4, -0.2) is 30.0 Å². The van der Waals surface area contributed by atoms with Crippen LogP contribution in [0.5, 0.6) is 0 Å². The van der Waals surface area contributed by atoms with E-state index in [0.717, 1.165) is 37.3 Å². The van der Waals surface area contributed by atoms with Gasteiger partial charge in [-0.2, -0.15) is 0 Å². The van der Waals surface area contributed by atoms with Crippen LogP contribution in [0.2, 0.25) is 0 Å². The molecule has 1 aliphatic rings. The van der Waals surface area contributed by atoms with Crippen LogP contribution in [-0.2, 0) is 11.3 Å². The van der Waals surface area contributed by atoms with Gasteiger partial charge in [-0.1, -0.05) is 0 Å². The van der Waals surface area contributed by atoms with Crippen molar-refractivity contribution in [2.45, 2.75) is 32.4 Å². The molecule has 0 aromatic carbocycles. The Balaban J connectivity index is 1.90. The molecule has 1 saturated heterocycles. The molecule has 3 N–H and O–H groups in total. The molecule has 1 aromatic heterocycles. The average Bonchev–Trinajstić information content (AvgIpc) is 2.39. The van der Waals surface area contributed by atoms with E-state index >= 15 is 0 Å². The highest BCUT2D eigenvalue weighted by molar-refractivity contribution is 5.73. The number of amides is 1. The van der Waals surface area contributed by atoms with E-state index in [1.807, 2.05) is 12.3 Å². The summed E-state index contributed by atoms with van der Waals surface area (Å²) in [6.45, 7) is 3.95. The maximum Gasteiger partial charge on any atom is 0.217 e. The summed E-state index contributed by atoms with van der Waals surface area (Å²) < 4.78 is 0. The molecule has 0 atom stereocenters. The van der Waals surface area contributed by atoms with Crippen molar-refractivity contribution < 1.29 is 4.79 Å². The standard InChI is InChI=1S/C13H20N4O/c1-10(18)16-11-4-6-17(7-5-11)13-3-2-12(8-14)15-9-13/h2-3,9,11H,4-8,14H2,1H3,(H,16,18). The first-order chi connectivity index (χ1) is 8.69.